The van der Waals surface area contributed by atoms with E-state index in [0.29, 0.717) is 43.6 Å². The Hall–Kier alpha value is -4.53. The number of nitrogens with zero attached hydrogens (tertiary/aromatic N) is 6. The first kappa shape index (κ1) is 22.0. The highest BCUT2D eigenvalue weighted by molar-refractivity contribution is 5.95. The van der Waals surface area contributed by atoms with E-state index in [9.17, 15) is 9.18 Å². The molecule has 1 aliphatic heterocycles. The third-order valence-corrected chi connectivity index (χ3v) is 6.53. The molecule has 0 spiro atoms. The van der Waals surface area contributed by atoms with Gasteiger partial charge < -0.3 is 14.5 Å². The number of piperazine rings is 1. The molecule has 6 rings (SSSR count). The second-order valence-electron chi connectivity index (χ2n) is 8.60. The molecule has 0 radical (unpaired) electrons. The van der Waals surface area contributed by atoms with Gasteiger partial charge in [0.1, 0.15) is 11.6 Å². The molecule has 0 unspecified atom stereocenters. The number of hydrogen-bond acceptors (Lipinski definition) is 6. The molecule has 0 aliphatic carbocycles. The van der Waals surface area contributed by atoms with Crippen molar-refractivity contribution in [3.63, 3.8) is 0 Å². The van der Waals surface area contributed by atoms with Crippen LogP contribution in [0.1, 0.15) is 10.4 Å². The van der Waals surface area contributed by atoms with Gasteiger partial charge in [0.2, 0.25) is 5.95 Å². The zero-order chi connectivity index (χ0) is 24.6. The van der Waals surface area contributed by atoms with Crippen molar-refractivity contribution in [3.05, 3.63) is 84.2 Å². The highest BCUT2D eigenvalue weighted by atomic mass is 19.1. The van der Waals surface area contributed by atoms with E-state index in [1.54, 1.807) is 24.1 Å². The van der Waals surface area contributed by atoms with Gasteiger partial charge in [-0.15, -0.1) is 10.2 Å². The molecule has 3 aromatic carbocycles. The molecule has 1 amide bonds. The smallest absolute Gasteiger partial charge is 0.256 e. The van der Waals surface area contributed by atoms with E-state index >= 15 is 0 Å². The summed E-state index contributed by atoms with van der Waals surface area (Å²) in [6.45, 7) is 1.98. The summed E-state index contributed by atoms with van der Waals surface area (Å²) in [4.78, 5) is 21.7. The lowest BCUT2D eigenvalue weighted by Crippen LogP contribution is -2.49. The predicted molar refractivity (Wildman–Crippen MR) is 135 cm³/mol. The summed E-state index contributed by atoms with van der Waals surface area (Å²) in [5.41, 5.74) is 2.51. The molecule has 9 heteroatoms. The first-order chi connectivity index (χ1) is 17.6. The molecule has 3 heterocycles. The number of rotatable bonds is 4. The Bertz CT molecular complexity index is 1580. The number of halogens is 1. The number of amides is 1. The van der Waals surface area contributed by atoms with Gasteiger partial charge >= 0.3 is 0 Å². The third-order valence-electron chi connectivity index (χ3n) is 6.53. The van der Waals surface area contributed by atoms with Gasteiger partial charge in [-0.25, -0.2) is 13.8 Å². The van der Waals surface area contributed by atoms with Crippen LogP contribution in [0.2, 0.25) is 0 Å². The van der Waals surface area contributed by atoms with Crippen LogP contribution >= 0.6 is 0 Å². The number of fused-ring (bicyclic) bond motifs is 3. The summed E-state index contributed by atoms with van der Waals surface area (Å²) in [6.07, 6.45) is 0. The Balaban J connectivity index is 1.38. The minimum atomic E-state index is -0.503. The van der Waals surface area contributed by atoms with E-state index < -0.39 is 5.82 Å². The maximum atomic E-state index is 14.2. The quantitative estimate of drug-likeness (QED) is 0.385. The maximum absolute atomic E-state index is 14.2. The van der Waals surface area contributed by atoms with Crippen LogP contribution in [-0.2, 0) is 0 Å². The molecule has 1 saturated heterocycles. The van der Waals surface area contributed by atoms with Crippen LogP contribution in [0.15, 0.2) is 72.8 Å². The maximum Gasteiger partial charge on any atom is 0.256 e. The van der Waals surface area contributed by atoms with Crippen LogP contribution in [0.5, 0.6) is 5.75 Å². The van der Waals surface area contributed by atoms with Gasteiger partial charge in [-0.2, -0.15) is 0 Å². The number of ether oxygens (including phenoxy) is 1. The Morgan fingerprint density at radius 2 is 1.61 bits per heavy atom. The van der Waals surface area contributed by atoms with Crippen molar-refractivity contribution in [2.45, 2.75) is 0 Å². The molecule has 1 fully saturated rings. The lowest BCUT2D eigenvalue weighted by atomic mass is 10.1. The van der Waals surface area contributed by atoms with E-state index in [4.69, 9.17) is 9.72 Å². The molecule has 180 valence electrons. The molecular formula is C27H23FN6O2. The Morgan fingerprint density at radius 1 is 0.889 bits per heavy atom. The number of hydrogen-bond donors (Lipinski definition) is 0. The summed E-state index contributed by atoms with van der Waals surface area (Å²) in [6, 6.07) is 21.6. The van der Waals surface area contributed by atoms with Gasteiger partial charge in [0.25, 0.3) is 5.91 Å². The first-order valence-electron chi connectivity index (χ1n) is 11.7. The number of benzene rings is 3. The van der Waals surface area contributed by atoms with Gasteiger partial charge in [-0.1, -0.05) is 24.3 Å². The van der Waals surface area contributed by atoms with Gasteiger partial charge in [0, 0.05) is 37.1 Å². The van der Waals surface area contributed by atoms with E-state index in [-0.39, 0.29) is 11.5 Å². The van der Waals surface area contributed by atoms with E-state index in [1.165, 1.54) is 12.1 Å². The SMILES string of the molecule is COc1ccc(-c2nnc3c4ccccc4nc(N4CCN(C(=O)c5ccccc5F)CC4)n23)cc1. The average Bonchev–Trinajstić information content (AvgIpc) is 3.38. The van der Waals surface area contributed by atoms with Crippen molar-refractivity contribution in [1.82, 2.24) is 24.5 Å². The molecule has 0 bridgehead atoms. The Kier molecular flexibility index (Phi) is 5.44. The zero-order valence-corrected chi connectivity index (χ0v) is 19.6. The van der Waals surface area contributed by atoms with E-state index in [1.807, 2.05) is 52.9 Å². The second-order valence-corrected chi connectivity index (χ2v) is 8.60. The van der Waals surface area contributed by atoms with Crippen molar-refractivity contribution < 1.29 is 13.9 Å². The number of carbonyl (C=O) groups is 1. The van der Waals surface area contributed by atoms with Crippen molar-refractivity contribution in [2.75, 3.05) is 38.2 Å². The minimum Gasteiger partial charge on any atom is -0.497 e. The predicted octanol–water partition coefficient (Wildman–Crippen LogP) is 4.05. The number of methoxy groups -OCH3 is 1. The molecule has 8 nitrogen and oxygen atoms in total. The van der Waals surface area contributed by atoms with Crippen LogP contribution in [0.3, 0.4) is 0 Å². The third kappa shape index (κ3) is 3.69. The van der Waals surface area contributed by atoms with Crippen LogP contribution in [0.25, 0.3) is 27.9 Å². The summed E-state index contributed by atoms with van der Waals surface area (Å²) in [5.74, 6) is 1.33. The van der Waals surface area contributed by atoms with Gasteiger partial charge in [0.15, 0.2) is 11.5 Å². The minimum absolute atomic E-state index is 0.0952. The summed E-state index contributed by atoms with van der Waals surface area (Å²) in [7, 11) is 1.63. The van der Waals surface area contributed by atoms with E-state index in [2.05, 4.69) is 15.1 Å². The first-order valence-corrected chi connectivity index (χ1v) is 11.7. The Labute approximate surface area is 206 Å². The molecule has 0 atom stereocenters. The number of para-hydroxylation sites is 1. The Morgan fingerprint density at radius 3 is 2.36 bits per heavy atom. The molecule has 1 aliphatic rings. The van der Waals surface area contributed by atoms with Crippen LogP contribution < -0.4 is 9.64 Å². The lowest BCUT2D eigenvalue weighted by molar-refractivity contribution is 0.0741. The van der Waals surface area contributed by atoms with Crippen LogP contribution in [0, 0.1) is 5.82 Å². The molecule has 0 N–H and O–H groups in total. The molecule has 36 heavy (non-hydrogen) atoms. The lowest BCUT2D eigenvalue weighted by Gasteiger charge is -2.35. The molecular weight excluding hydrogens is 459 g/mol. The van der Waals surface area contributed by atoms with Crippen LogP contribution in [-0.4, -0.2) is 63.7 Å². The highest BCUT2D eigenvalue weighted by Crippen LogP contribution is 2.30. The number of aromatic nitrogens is 4. The normalized spacial score (nSPS) is 13.9. The fourth-order valence-electron chi connectivity index (χ4n) is 4.62. The van der Waals surface area contributed by atoms with Crippen molar-refractivity contribution in [2.24, 2.45) is 0 Å². The van der Waals surface area contributed by atoms with Gasteiger partial charge in [0.05, 0.1) is 18.2 Å². The molecule has 0 saturated carbocycles. The second kappa shape index (κ2) is 8.92. The molecule has 2 aromatic heterocycles. The van der Waals surface area contributed by atoms with Gasteiger partial charge in [-0.05, 0) is 48.5 Å². The zero-order valence-electron chi connectivity index (χ0n) is 19.6. The number of anilines is 1. The van der Waals surface area contributed by atoms with Crippen molar-refractivity contribution in [1.29, 1.82) is 0 Å². The fourth-order valence-corrected chi connectivity index (χ4v) is 4.62. The average molecular weight is 483 g/mol. The summed E-state index contributed by atoms with van der Waals surface area (Å²) in [5, 5.41) is 9.95. The van der Waals surface area contributed by atoms with Crippen molar-refractivity contribution in [3.8, 4) is 17.1 Å². The molecule has 5 aromatic rings. The van der Waals surface area contributed by atoms with E-state index in [0.717, 1.165) is 22.2 Å². The van der Waals surface area contributed by atoms with Crippen molar-refractivity contribution >= 4 is 28.4 Å². The standard InChI is InChI=1S/C27H23FN6O2/c1-36-19-12-10-18(11-13-19)24-30-31-25-21-7-3-5-9-23(21)29-27(34(24)25)33-16-14-32(15-17-33)26(35)20-6-2-4-8-22(20)28/h2-13H,14-17H2,1H3. The largest absolute Gasteiger partial charge is 0.497 e. The fraction of sp³-hybridized carbons (Fsp3) is 0.185. The van der Waals surface area contributed by atoms with Crippen LogP contribution in [0.4, 0.5) is 10.3 Å². The monoisotopic (exact) mass is 482 g/mol. The highest BCUT2D eigenvalue weighted by Gasteiger charge is 2.27. The summed E-state index contributed by atoms with van der Waals surface area (Å²) < 4.78 is 21.5. The topological polar surface area (TPSA) is 75.9 Å². The summed E-state index contributed by atoms with van der Waals surface area (Å²) >= 11 is 0. The van der Waals surface area contributed by atoms with Gasteiger partial charge in [-0.3, -0.25) is 4.79 Å². The number of carbonyl (C=O) groups excluding carboxylic acids is 1.